The molecule has 0 aromatic rings. The van der Waals surface area contributed by atoms with Crippen molar-refractivity contribution in [1.82, 2.24) is 9.80 Å². The van der Waals surface area contributed by atoms with E-state index in [0.29, 0.717) is 18.4 Å². The first kappa shape index (κ1) is 18.9. The van der Waals surface area contributed by atoms with Crippen LogP contribution in [0, 0.1) is 17.8 Å². The molecule has 0 aliphatic carbocycles. The normalized spacial score (nSPS) is 13.1. The summed E-state index contributed by atoms with van der Waals surface area (Å²) in [5.74, 6) is -0.351. The van der Waals surface area contributed by atoms with E-state index in [9.17, 15) is 9.59 Å². The van der Waals surface area contributed by atoms with E-state index < -0.39 is 11.9 Å². The molecule has 0 heterocycles. The molecule has 0 rings (SSSR count). The van der Waals surface area contributed by atoms with Gasteiger partial charge in [-0.05, 0) is 18.9 Å². The molecule has 0 spiro atoms. The van der Waals surface area contributed by atoms with Crippen LogP contribution in [0.15, 0.2) is 0 Å². The molecule has 1 unspecified atom stereocenters. The average Bonchev–Trinajstić information content (AvgIpc) is 2.26. The topological polar surface area (TPSA) is 60.9 Å². The Balaban J connectivity index is 4.46. The second kappa shape index (κ2) is 8.95. The SMILES string of the molecule is CC(C)CN(CC(C)C)C(=O)CN(C)CC(C)C(=O)O. The molecular formula is C15H30N2O3. The maximum atomic E-state index is 12.3. The standard InChI is InChI=1S/C15H30N2O3/c1-11(2)7-17(8-12(3)4)14(18)10-16(6)9-13(5)15(19)20/h11-13H,7-10H2,1-6H3,(H,19,20). The van der Waals surface area contributed by atoms with Gasteiger partial charge in [-0.1, -0.05) is 34.6 Å². The molecule has 0 aromatic carbocycles. The van der Waals surface area contributed by atoms with Gasteiger partial charge in [0, 0.05) is 19.6 Å². The lowest BCUT2D eigenvalue weighted by Gasteiger charge is -2.29. The van der Waals surface area contributed by atoms with Crippen molar-refractivity contribution in [2.45, 2.75) is 34.6 Å². The highest BCUT2D eigenvalue weighted by atomic mass is 16.4. The fourth-order valence-electron chi connectivity index (χ4n) is 2.10. The first-order valence-electron chi connectivity index (χ1n) is 7.32. The number of nitrogens with zero attached hydrogens (tertiary/aromatic N) is 2. The van der Waals surface area contributed by atoms with Gasteiger partial charge in [-0.15, -0.1) is 0 Å². The van der Waals surface area contributed by atoms with Crippen LogP contribution in [0.2, 0.25) is 0 Å². The molecule has 0 saturated carbocycles. The summed E-state index contributed by atoms with van der Waals surface area (Å²) in [6.45, 7) is 12.2. The van der Waals surface area contributed by atoms with Gasteiger partial charge < -0.3 is 10.0 Å². The Labute approximate surface area is 122 Å². The number of hydrogen-bond acceptors (Lipinski definition) is 3. The number of carboxylic acids is 1. The third kappa shape index (κ3) is 8.15. The predicted octanol–water partition coefficient (Wildman–Crippen LogP) is 1.78. The summed E-state index contributed by atoms with van der Waals surface area (Å²) in [6, 6.07) is 0. The number of carbonyl (C=O) groups excluding carboxylic acids is 1. The molecule has 20 heavy (non-hydrogen) atoms. The van der Waals surface area contributed by atoms with Gasteiger partial charge in [0.2, 0.25) is 5.91 Å². The largest absolute Gasteiger partial charge is 0.481 e. The van der Waals surface area contributed by atoms with Gasteiger partial charge in [-0.2, -0.15) is 0 Å². The molecule has 0 saturated heterocycles. The van der Waals surface area contributed by atoms with Gasteiger partial charge >= 0.3 is 5.97 Å². The predicted molar refractivity (Wildman–Crippen MR) is 80.6 cm³/mol. The van der Waals surface area contributed by atoms with Gasteiger partial charge in [-0.3, -0.25) is 14.5 Å². The number of hydrogen-bond donors (Lipinski definition) is 1. The first-order chi connectivity index (χ1) is 9.13. The highest BCUT2D eigenvalue weighted by Crippen LogP contribution is 2.06. The lowest BCUT2D eigenvalue weighted by atomic mass is 10.1. The maximum absolute atomic E-state index is 12.3. The number of likely N-dealkylation sites (N-methyl/N-ethyl adjacent to an activating group) is 1. The van der Waals surface area contributed by atoms with E-state index in [1.165, 1.54) is 0 Å². The molecule has 0 radical (unpaired) electrons. The summed E-state index contributed by atoms with van der Waals surface area (Å²) in [4.78, 5) is 26.8. The Morgan fingerprint density at radius 1 is 0.950 bits per heavy atom. The van der Waals surface area contributed by atoms with Crippen LogP contribution >= 0.6 is 0 Å². The minimum absolute atomic E-state index is 0.0764. The van der Waals surface area contributed by atoms with Crippen LogP contribution in [0.3, 0.4) is 0 Å². The number of carboxylic acid groups (broad SMARTS) is 1. The van der Waals surface area contributed by atoms with Gasteiger partial charge in [-0.25, -0.2) is 0 Å². The van der Waals surface area contributed by atoms with E-state index in [1.54, 1.807) is 18.9 Å². The van der Waals surface area contributed by atoms with E-state index in [1.807, 2.05) is 4.90 Å². The third-order valence-electron chi connectivity index (χ3n) is 2.94. The molecule has 0 aromatic heterocycles. The minimum atomic E-state index is -0.828. The molecule has 1 amide bonds. The van der Waals surface area contributed by atoms with Gasteiger partial charge in [0.25, 0.3) is 0 Å². The van der Waals surface area contributed by atoms with Crippen molar-refractivity contribution in [2.24, 2.45) is 17.8 Å². The van der Waals surface area contributed by atoms with E-state index >= 15 is 0 Å². The summed E-state index contributed by atoms with van der Waals surface area (Å²) in [5, 5.41) is 8.89. The fraction of sp³-hybridized carbons (Fsp3) is 0.867. The summed E-state index contributed by atoms with van der Waals surface area (Å²) in [7, 11) is 1.79. The van der Waals surface area contributed by atoms with Crippen LogP contribution in [0.5, 0.6) is 0 Å². The van der Waals surface area contributed by atoms with Crippen molar-refractivity contribution in [1.29, 1.82) is 0 Å². The van der Waals surface area contributed by atoms with E-state index in [2.05, 4.69) is 27.7 Å². The van der Waals surface area contributed by atoms with Gasteiger partial charge in [0.15, 0.2) is 0 Å². The highest BCUT2D eigenvalue weighted by Gasteiger charge is 2.20. The summed E-state index contributed by atoms with van der Waals surface area (Å²) < 4.78 is 0. The lowest BCUT2D eigenvalue weighted by molar-refractivity contribution is -0.142. The zero-order chi connectivity index (χ0) is 15.9. The maximum Gasteiger partial charge on any atom is 0.307 e. The number of carbonyl (C=O) groups is 2. The van der Waals surface area contributed by atoms with Crippen LogP contribution in [0.25, 0.3) is 0 Å². The van der Waals surface area contributed by atoms with Crippen molar-refractivity contribution in [3.05, 3.63) is 0 Å². The van der Waals surface area contributed by atoms with Crippen molar-refractivity contribution < 1.29 is 14.7 Å². The molecule has 5 heteroatoms. The zero-order valence-corrected chi connectivity index (χ0v) is 13.7. The quantitative estimate of drug-likeness (QED) is 0.702. The Kier molecular flexibility index (Phi) is 8.46. The van der Waals surface area contributed by atoms with Crippen LogP contribution in [-0.2, 0) is 9.59 Å². The Hall–Kier alpha value is -1.10. The fourth-order valence-corrected chi connectivity index (χ4v) is 2.10. The van der Waals surface area contributed by atoms with Crippen molar-refractivity contribution in [2.75, 3.05) is 33.2 Å². The second-order valence-corrected chi connectivity index (χ2v) is 6.52. The zero-order valence-electron chi connectivity index (χ0n) is 13.7. The highest BCUT2D eigenvalue weighted by molar-refractivity contribution is 5.78. The minimum Gasteiger partial charge on any atom is -0.481 e. The van der Waals surface area contributed by atoms with Gasteiger partial charge in [0.05, 0.1) is 12.5 Å². The van der Waals surface area contributed by atoms with Crippen molar-refractivity contribution in [3.63, 3.8) is 0 Å². The van der Waals surface area contributed by atoms with Gasteiger partial charge in [0.1, 0.15) is 0 Å². The molecule has 0 aliphatic heterocycles. The van der Waals surface area contributed by atoms with Crippen LogP contribution < -0.4 is 0 Å². The molecule has 0 fully saturated rings. The second-order valence-electron chi connectivity index (χ2n) is 6.52. The monoisotopic (exact) mass is 286 g/mol. The average molecular weight is 286 g/mol. The number of rotatable bonds is 9. The molecule has 1 N–H and O–H groups in total. The third-order valence-corrected chi connectivity index (χ3v) is 2.94. The van der Waals surface area contributed by atoms with E-state index in [0.717, 1.165) is 13.1 Å². The molecule has 0 bridgehead atoms. The van der Waals surface area contributed by atoms with Crippen LogP contribution in [-0.4, -0.2) is 60.0 Å². The molecular weight excluding hydrogens is 256 g/mol. The van der Waals surface area contributed by atoms with Crippen molar-refractivity contribution in [3.8, 4) is 0 Å². The summed E-state index contributed by atoms with van der Waals surface area (Å²) >= 11 is 0. The molecule has 5 nitrogen and oxygen atoms in total. The Bertz CT molecular complexity index is 306. The first-order valence-corrected chi connectivity index (χ1v) is 7.32. The summed E-state index contributed by atoms with van der Waals surface area (Å²) in [6.07, 6.45) is 0. The van der Waals surface area contributed by atoms with E-state index in [4.69, 9.17) is 5.11 Å². The van der Waals surface area contributed by atoms with Crippen LogP contribution in [0.1, 0.15) is 34.6 Å². The van der Waals surface area contributed by atoms with Crippen LogP contribution in [0.4, 0.5) is 0 Å². The lowest BCUT2D eigenvalue weighted by Crippen LogP contribution is -2.43. The number of aliphatic carboxylic acids is 1. The molecule has 1 atom stereocenters. The molecule has 118 valence electrons. The summed E-state index contributed by atoms with van der Waals surface area (Å²) in [5.41, 5.74) is 0. The Morgan fingerprint density at radius 2 is 1.40 bits per heavy atom. The smallest absolute Gasteiger partial charge is 0.307 e. The number of amides is 1. The Morgan fingerprint density at radius 3 is 1.75 bits per heavy atom. The van der Waals surface area contributed by atoms with Crippen molar-refractivity contribution >= 4 is 11.9 Å². The molecule has 0 aliphatic rings. The van der Waals surface area contributed by atoms with E-state index in [-0.39, 0.29) is 12.5 Å².